The molecule has 0 amide bonds. The van der Waals surface area contributed by atoms with Gasteiger partial charge in [0.1, 0.15) is 0 Å². The molecule has 6 aromatic heterocycles. The van der Waals surface area contributed by atoms with E-state index in [0.717, 1.165) is 30.2 Å². The fourth-order valence-electron chi connectivity index (χ4n) is 6.81. The van der Waals surface area contributed by atoms with Crippen LogP contribution in [0, 0.1) is 60.9 Å². The molecule has 27 heteroatoms. The molecule has 9 aromatic rings. The first kappa shape index (κ1) is 66.7. The Morgan fingerprint density at radius 1 is 0.595 bits per heavy atom. The van der Waals surface area contributed by atoms with E-state index in [4.69, 9.17) is 6.57 Å². The van der Waals surface area contributed by atoms with Gasteiger partial charge >= 0.3 is 47.3 Å². The smallest absolute Gasteiger partial charge is 0.269 e. The number of ether oxygens (including phenoxy) is 2. The largest absolute Gasteiger partial charge is 0.568 e. The first-order valence-corrected chi connectivity index (χ1v) is 25.3. The van der Waals surface area contributed by atoms with Crippen LogP contribution < -0.4 is 9.47 Å². The summed E-state index contributed by atoms with van der Waals surface area (Å²) in [5.74, 6) is -4.11. The minimum Gasteiger partial charge on any atom is -0.269 e. The SMILES string of the molecule is FC(F)(F)Oc1c[c-]c(-c2ccccn2)c(OC(F)(F)F)c1.Fc1c[c-]c(-c2ccccn2)c(F)c1.[C-]#[N+]c1c(F)c[c-]c(-c2ccccn2)c1F.[CH2-]C1CCCCC1.[Cl][Ir+2].[Ir].[Ir].c1cnn(B(n2cccn2)n2cccn2)c1. The number of benzene rings is 3. The molecule has 3 aromatic carbocycles. The molecule has 12 nitrogen and oxygen atoms in total. The van der Waals surface area contributed by atoms with Gasteiger partial charge in [0.2, 0.25) is 0 Å². The monoisotopic (exact) mass is 1650 g/mol. The van der Waals surface area contributed by atoms with Crippen molar-refractivity contribution < 1.29 is 111 Å². The van der Waals surface area contributed by atoms with Crippen molar-refractivity contribution in [2.45, 2.75) is 44.8 Å². The Morgan fingerprint density at radius 2 is 1.05 bits per heavy atom. The molecule has 1 saturated carbocycles. The van der Waals surface area contributed by atoms with E-state index in [9.17, 15) is 43.9 Å². The van der Waals surface area contributed by atoms with Crippen molar-refractivity contribution >= 4 is 22.4 Å². The molecule has 0 N–H and O–H groups in total. The zero-order valence-corrected chi connectivity index (χ0v) is 48.3. The van der Waals surface area contributed by atoms with E-state index < -0.39 is 53.2 Å². The molecule has 10 rings (SSSR count). The molecule has 418 valence electrons. The Morgan fingerprint density at radius 3 is 1.44 bits per heavy atom. The number of rotatable bonds is 8. The molecule has 79 heavy (non-hydrogen) atoms. The number of hydrogen-bond acceptors (Lipinski definition) is 8. The van der Waals surface area contributed by atoms with Crippen molar-refractivity contribution in [1.29, 1.82) is 0 Å². The van der Waals surface area contributed by atoms with E-state index >= 15 is 0 Å². The maximum Gasteiger partial charge on any atom is 0.568 e. The second kappa shape index (κ2) is 33.8. The molecule has 1 aliphatic rings. The molecule has 2 radical (unpaired) electrons. The normalized spacial score (nSPS) is 11.6. The molecule has 1 fully saturated rings. The number of alkyl halides is 6. The summed E-state index contributed by atoms with van der Waals surface area (Å²) in [6.07, 6.45) is 12.1. The van der Waals surface area contributed by atoms with Gasteiger partial charge in [-0.25, -0.2) is 0 Å². The van der Waals surface area contributed by atoms with Gasteiger partial charge in [0.15, 0.2) is 5.69 Å². The van der Waals surface area contributed by atoms with Crippen LogP contribution in [0.25, 0.3) is 38.6 Å². The Balaban J connectivity index is 0.000000263. The first-order valence-electron chi connectivity index (χ1n) is 22.4. The number of hydrogen-bond donors (Lipinski definition) is 0. The van der Waals surface area contributed by atoms with Crippen LogP contribution in [0.5, 0.6) is 11.5 Å². The average molecular weight is 1650 g/mol. The van der Waals surface area contributed by atoms with Gasteiger partial charge < -0.3 is 31.3 Å². The van der Waals surface area contributed by atoms with Gasteiger partial charge in [-0.3, -0.25) is 36.2 Å². The van der Waals surface area contributed by atoms with Crippen LogP contribution >= 0.6 is 9.58 Å². The first-order chi connectivity index (χ1) is 37.0. The second-order valence-electron chi connectivity index (χ2n) is 15.5. The van der Waals surface area contributed by atoms with E-state index in [-0.39, 0.29) is 69.7 Å². The van der Waals surface area contributed by atoms with Gasteiger partial charge in [-0.1, -0.05) is 91.8 Å². The van der Waals surface area contributed by atoms with Crippen molar-refractivity contribution in [2.24, 2.45) is 5.92 Å². The zero-order valence-electron chi connectivity index (χ0n) is 40.4. The Hall–Kier alpha value is -6.57. The third-order valence-corrected chi connectivity index (χ3v) is 10.1. The van der Waals surface area contributed by atoms with Gasteiger partial charge in [0.05, 0.1) is 6.57 Å². The summed E-state index contributed by atoms with van der Waals surface area (Å²) in [7, 11) is 4.44. The predicted octanol–water partition coefficient (Wildman–Crippen LogP) is 13.8. The van der Waals surface area contributed by atoms with E-state index in [2.05, 4.69) is 79.3 Å². The molecule has 0 spiro atoms. The van der Waals surface area contributed by atoms with Crippen LogP contribution in [-0.2, 0) is 58.1 Å². The minimum absolute atomic E-state index is 0. The van der Waals surface area contributed by atoms with E-state index in [1.165, 1.54) is 80.6 Å². The topological polar surface area (TPSA) is 115 Å². The quantitative estimate of drug-likeness (QED) is 0.0839. The molecule has 0 unspecified atom stereocenters. The molecular weight excluding hydrogens is 1610 g/mol. The Kier molecular flexibility index (Phi) is 28.5. The summed E-state index contributed by atoms with van der Waals surface area (Å²) in [6, 6.07) is 31.3. The molecular formula is C52H39BClF10Ir3N10O2-2. The van der Waals surface area contributed by atoms with Gasteiger partial charge in [-0.05, 0) is 53.5 Å². The summed E-state index contributed by atoms with van der Waals surface area (Å²) in [5.41, 5.74) is 0.155. The summed E-state index contributed by atoms with van der Waals surface area (Å²) < 4.78 is 139. The average Bonchev–Trinajstić information content (AvgIpc) is 4.27. The van der Waals surface area contributed by atoms with Crippen molar-refractivity contribution in [2.75, 3.05) is 0 Å². The van der Waals surface area contributed by atoms with Crippen LogP contribution in [0.4, 0.5) is 49.6 Å². The summed E-state index contributed by atoms with van der Waals surface area (Å²) in [4.78, 5) is 14.5. The predicted molar refractivity (Wildman–Crippen MR) is 261 cm³/mol. The van der Waals surface area contributed by atoms with Crippen molar-refractivity contribution in [3.8, 4) is 45.3 Å². The van der Waals surface area contributed by atoms with Gasteiger partial charge in [0, 0.05) is 131 Å². The minimum atomic E-state index is -5.09. The second-order valence-corrected chi connectivity index (χ2v) is 15.5. The molecule has 0 saturated heterocycles. The Bertz CT molecular complexity index is 3090. The molecule has 0 atom stereocenters. The number of nitrogens with zero attached hydrogens (tertiary/aromatic N) is 10. The fourth-order valence-corrected chi connectivity index (χ4v) is 6.81. The fraction of sp³-hybridized carbons (Fsp3) is 0.154. The summed E-state index contributed by atoms with van der Waals surface area (Å²) in [5, 5.41) is 12.7. The third kappa shape index (κ3) is 21.9. The standard InChI is InChI=1S/C13H6F6NO2.C12H5F2N2.C11H6F2N.C9H9BN6.C7H13.ClH.3Ir/c14-12(15,16)21-8-4-5-9(10-3-1-2-6-20-10)11(7-8)22-13(17,18)19;1-15-12-9(13)6-5-8(11(12)14)10-4-2-3-7-16-10;12-8-4-5-9(10(13)7-8)11-3-1-2-6-14-11;1-4-11-14(7-1)10(15-8-2-5-12-15)16-9-3-6-13-16;1-7-5-3-2-4-6-7;;;;/h1-4,6-7H;2-4,6-7H;1-4,6-7H;1-9H;7H,1-6H2;1H;;;/q3*-1;;-1;;;;+3/p-1. The van der Waals surface area contributed by atoms with Crippen LogP contribution in [-0.4, -0.2) is 63.9 Å². The molecule has 0 aliphatic heterocycles. The zero-order chi connectivity index (χ0) is 55.8. The maximum atomic E-state index is 13.7. The van der Waals surface area contributed by atoms with Crippen molar-refractivity contribution in [1.82, 2.24) is 44.0 Å². The van der Waals surface area contributed by atoms with Crippen LogP contribution in [0.1, 0.15) is 32.1 Å². The summed E-state index contributed by atoms with van der Waals surface area (Å²) in [6.45, 7) is 10.7. The van der Waals surface area contributed by atoms with Crippen LogP contribution in [0.3, 0.4) is 0 Å². The number of halogens is 11. The van der Waals surface area contributed by atoms with Crippen LogP contribution in [0.2, 0.25) is 0 Å². The maximum absolute atomic E-state index is 13.7. The Labute approximate surface area is 489 Å². The number of aromatic nitrogens is 9. The van der Waals surface area contributed by atoms with Crippen LogP contribution in [0.15, 0.2) is 159 Å². The molecule has 1 aliphatic carbocycles. The third-order valence-electron chi connectivity index (χ3n) is 10.1. The molecule has 6 heterocycles. The van der Waals surface area contributed by atoms with Gasteiger partial charge in [0.25, 0.3) is 0 Å². The van der Waals surface area contributed by atoms with E-state index in [1.807, 2.05) is 36.8 Å². The van der Waals surface area contributed by atoms with E-state index in [1.54, 1.807) is 75.0 Å². The number of pyridine rings is 3. The van der Waals surface area contributed by atoms with E-state index in [0.29, 0.717) is 17.5 Å². The molecule has 0 bridgehead atoms. The van der Waals surface area contributed by atoms with Crippen molar-refractivity contribution in [3.63, 3.8) is 0 Å². The summed E-state index contributed by atoms with van der Waals surface area (Å²) >= 11 is 1.47. The van der Waals surface area contributed by atoms with Gasteiger partial charge in [-0.15, -0.1) is 68.3 Å². The van der Waals surface area contributed by atoms with Gasteiger partial charge in [-0.2, -0.15) is 21.2 Å². The van der Waals surface area contributed by atoms with Crippen molar-refractivity contribution in [3.05, 3.63) is 219 Å².